The summed E-state index contributed by atoms with van der Waals surface area (Å²) in [5.74, 6) is 0.860. The molecule has 3 rings (SSSR count). The average molecular weight is 238 g/mol. The van der Waals surface area contributed by atoms with E-state index in [-0.39, 0.29) is 0 Å². The van der Waals surface area contributed by atoms with Crippen LogP contribution in [0.1, 0.15) is 5.56 Å². The fourth-order valence-corrected chi connectivity index (χ4v) is 2.23. The maximum absolute atomic E-state index is 5.65. The van der Waals surface area contributed by atoms with Crippen LogP contribution < -0.4 is 5.73 Å². The van der Waals surface area contributed by atoms with Crippen molar-refractivity contribution in [2.24, 2.45) is 7.05 Å². The number of rotatable bonds is 1. The molecule has 0 saturated carbocycles. The molecule has 0 radical (unpaired) electrons. The number of pyridine rings is 1. The van der Waals surface area contributed by atoms with Crippen LogP contribution in [-0.2, 0) is 7.05 Å². The standard InChI is InChI=1S/C14H14N4/c1-9-4-3-5-11-13(9)18(2)14(17-11)12-7-6-10(15)8-16-12/h3-8H,15H2,1-2H3. The van der Waals surface area contributed by atoms with Crippen molar-refractivity contribution in [1.29, 1.82) is 0 Å². The molecular formula is C14H14N4. The highest BCUT2D eigenvalue weighted by molar-refractivity contribution is 5.82. The summed E-state index contributed by atoms with van der Waals surface area (Å²) in [6.07, 6.45) is 1.65. The Hall–Kier alpha value is -2.36. The first kappa shape index (κ1) is 10.8. The van der Waals surface area contributed by atoms with Crippen molar-refractivity contribution in [3.8, 4) is 11.5 Å². The van der Waals surface area contributed by atoms with Gasteiger partial charge in [-0.3, -0.25) is 4.98 Å². The molecule has 0 amide bonds. The van der Waals surface area contributed by atoms with E-state index in [0.717, 1.165) is 22.6 Å². The van der Waals surface area contributed by atoms with Crippen molar-refractivity contribution in [3.63, 3.8) is 0 Å². The number of hydrogen-bond donors (Lipinski definition) is 1. The Morgan fingerprint density at radius 1 is 1.17 bits per heavy atom. The van der Waals surface area contributed by atoms with Crippen LogP contribution in [0.2, 0.25) is 0 Å². The predicted octanol–water partition coefficient (Wildman–Crippen LogP) is 2.53. The zero-order valence-electron chi connectivity index (χ0n) is 10.4. The quantitative estimate of drug-likeness (QED) is 0.708. The van der Waals surface area contributed by atoms with Gasteiger partial charge in [-0.05, 0) is 30.7 Å². The number of fused-ring (bicyclic) bond motifs is 1. The smallest absolute Gasteiger partial charge is 0.159 e. The van der Waals surface area contributed by atoms with Gasteiger partial charge in [-0.25, -0.2) is 4.98 Å². The molecule has 1 aromatic carbocycles. The fourth-order valence-electron chi connectivity index (χ4n) is 2.23. The van der Waals surface area contributed by atoms with E-state index in [4.69, 9.17) is 5.73 Å². The summed E-state index contributed by atoms with van der Waals surface area (Å²) < 4.78 is 2.07. The van der Waals surface area contributed by atoms with Crippen molar-refractivity contribution in [3.05, 3.63) is 42.1 Å². The van der Waals surface area contributed by atoms with Crippen LogP contribution in [0.5, 0.6) is 0 Å². The minimum absolute atomic E-state index is 0.661. The number of benzene rings is 1. The molecule has 0 spiro atoms. The first-order valence-corrected chi connectivity index (χ1v) is 5.81. The first-order chi connectivity index (χ1) is 8.66. The lowest BCUT2D eigenvalue weighted by Gasteiger charge is -2.03. The number of aryl methyl sites for hydroxylation is 2. The van der Waals surface area contributed by atoms with E-state index in [1.54, 1.807) is 6.20 Å². The number of nitrogen functional groups attached to an aromatic ring is 1. The van der Waals surface area contributed by atoms with Crippen LogP contribution in [-0.4, -0.2) is 14.5 Å². The van der Waals surface area contributed by atoms with Gasteiger partial charge in [0, 0.05) is 7.05 Å². The summed E-state index contributed by atoms with van der Waals surface area (Å²) in [6, 6.07) is 9.86. The third kappa shape index (κ3) is 1.54. The fraction of sp³-hybridized carbons (Fsp3) is 0.143. The topological polar surface area (TPSA) is 56.7 Å². The Bertz CT molecular complexity index is 710. The Morgan fingerprint density at radius 3 is 2.67 bits per heavy atom. The van der Waals surface area contributed by atoms with Gasteiger partial charge in [-0.15, -0.1) is 0 Å². The van der Waals surface area contributed by atoms with Crippen LogP contribution in [0.4, 0.5) is 5.69 Å². The van der Waals surface area contributed by atoms with E-state index in [1.807, 2.05) is 31.3 Å². The number of nitrogens with two attached hydrogens (primary N) is 1. The third-order valence-electron chi connectivity index (χ3n) is 3.11. The van der Waals surface area contributed by atoms with Gasteiger partial charge >= 0.3 is 0 Å². The zero-order valence-corrected chi connectivity index (χ0v) is 10.4. The molecule has 0 saturated heterocycles. The molecule has 0 fully saturated rings. The van der Waals surface area contributed by atoms with Crippen molar-refractivity contribution in [2.45, 2.75) is 6.92 Å². The summed E-state index contributed by atoms with van der Waals surface area (Å²) in [6.45, 7) is 2.09. The Morgan fingerprint density at radius 2 is 2.00 bits per heavy atom. The molecule has 90 valence electrons. The zero-order chi connectivity index (χ0) is 12.7. The highest BCUT2D eigenvalue weighted by atomic mass is 15.1. The summed E-state index contributed by atoms with van der Waals surface area (Å²) in [5, 5.41) is 0. The molecule has 2 heterocycles. The number of aromatic nitrogens is 3. The molecule has 4 heteroatoms. The largest absolute Gasteiger partial charge is 0.397 e. The third-order valence-corrected chi connectivity index (χ3v) is 3.11. The molecule has 0 atom stereocenters. The van der Waals surface area contributed by atoms with Gasteiger partial charge in [0.1, 0.15) is 5.69 Å². The lowest BCUT2D eigenvalue weighted by atomic mass is 10.2. The molecule has 3 aromatic rings. The van der Waals surface area contributed by atoms with Gasteiger partial charge in [-0.2, -0.15) is 0 Å². The van der Waals surface area contributed by atoms with Crippen LogP contribution in [0, 0.1) is 6.92 Å². The monoisotopic (exact) mass is 238 g/mol. The minimum atomic E-state index is 0.661. The maximum atomic E-state index is 5.65. The van der Waals surface area contributed by atoms with Gasteiger partial charge in [0.2, 0.25) is 0 Å². The molecule has 0 aliphatic carbocycles. The molecule has 18 heavy (non-hydrogen) atoms. The van der Waals surface area contributed by atoms with E-state index < -0.39 is 0 Å². The van der Waals surface area contributed by atoms with Gasteiger partial charge in [0.05, 0.1) is 22.9 Å². The highest BCUT2D eigenvalue weighted by Gasteiger charge is 2.11. The molecule has 0 unspecified atom stereocenters. The van der Waals surface area contributed by atoms with Gasteiger partial charge in [-0.1, -0.05) is 12.1 Å². The molecule has 0 aliphatic rings. The predicted molar refractivity (Wildman–Crippen MR) is 73.1 cm³/mol. The summed E-state index contributed by atoms with van der Waals surface area (Å²) in [5.41, 5.74) is 10.5. The van der Waals surface area contributed by atoms with E-state index in [2.05, 4.69) is 27.5 Å². The van der Waals surface area contributed by atoms with Crippen molar-refractivity contribution in [2.75, 3.05) is 5.73 Å². The first-order valence-electron chi connectivity index (χ1n) is 5.81. The van der Waals surface area contributed by atoms with E-state index >= 15 is 0 Å². The second-order valence-corrected chi connectivity index (χ2v) is 4.41. The van der Waals surface area contributed by atoms with Crippen molar-refractivity contribution >= 4 is 16.7 Å². The lowest BCUT2D eigenvalue weighted by molar-refractivity contribution is 0.947. The molecular weight excluding hydrogens is 224 g/mol. The SMILES string of the molecule is Cc1cccc2nc(-c3ccc(N)cn3)n(C)c12. The molecule has 4 nitrogen and oxygen atoms in total. The van der Waals surface area contributed by atoms with Gasteiger partial charge < -0.3 is 10.3 Å². The summed E-state index contributed by atoms with van der Waals surface area (Å²) in [4.78, 5) is 8.96. The minimum Gasteiger partial charge on any atom is -0.397 e. The van der Waals surface area contributed by atoms with E-state index in [9.17, 15) is 0 Å². The van der Waals surface area contributed by atoms with Crippen LogP contribution in [0.25, 0.3) is 22.6 Å². The molecule has 0 bridgehead atoms. The van der Waals surface area contributed by atoms with Crippen molar-refractivity contribution < 1.29 is 0 Å². The number of hydrogen-bond acceptors (Lipinski definition) is 3. The Balaban J connectivity index is 2.27. The molecule has 0 aliphatic heterocycles. The Labute approximate surface area is 105 Å². The average Bonchev–Trinajstić information content (AvgIpc) is 2.69. The maximum Gasteiger partial charge on any atom is 0.159 e. The van der Waals surface area contributed by atoms with E-state index in [0.29, 0.717) is 5.69 Å². The second kappa shape index (κ2) is 3.84. The van der Waals surface area contributed by atoms with E-state index in [1.165, 1.54) is 5.56 Å². The number of anilines is 1. The number of para-hydroxylation sites is 1. The van der Waals surface area contributed by atoms with Crippen LogP contribution in [0.15, 0.2) is 36.5 Å². The van der Waals surface area contributed by atoms with Gasteiger partial charge in [0.25, 0.3) is 0 Å². The van der Waals surface area contributed by atoms with Crippen molar-refractivity contribution in [1.82, 2.24) is 14.5 Å². The Kier molecular flexibility index (Phi) is 2.30. The van der Waals surface area contributed by atoms with Crippen LogP contribution >= 0.6 is 0 Å². The normalized spacial score (nSPS) is 11.0. The van der Waals surface area contributed by atoms with Gasteiger partial charge in [0.15, 0.2) is 5.82 Å². The number of nitrogens with zero attached hydrogens (tertiary/aromatic N) is 3. The lowest BCUT2D eigenvalue weighted by Crippen LogP contribution is -1.96. The number of imidazole rings is 1. The summed E-state index contributed by atoms with van der Waals surface area (Å²) >= 11 is 0. The second-order valence-electron chi connectivity index (χ2n) is 4.41. The van der Waals surface area contributed by atoms with Crippen LogP contribution in [0.3, 0.4) is 0 Å². The molecule has 2 aromatic heterocycles. The highest BCUT2D eigenvalue weighted by Crippen LogP contribution is 2.24. The summed E-state index contributed by atoms with van der Waals surface area (Å²) in [7, 11) is 2.01. The molecule has 2 N–H and O–H groups in total.